The Hall–Kier alpha value is -3.49. The maximum atomic E-state index is 11.4. The zero-order valence-corrected chi connectivity index (χ0v) is 19.2. The Labute approximate surface area is 196 Å². The minimum Gasteiger partial charge on any atom is -0.478 e. The van der Waals surface area contributed by atoms with Crippen molar-refractivity contribution in [3.05, 3.63) is 65.7 Å². The summed E-state index contributed by atoms with van der Waals surface area (Å²) in [5.41, 5.74) is 4.96. The van der Waals surface area contributed by atoms with Crippen molar-refractivity contribution in [2.45, 2.75) is 6.92 Å². The van der Waals surface area contributed by atoms with Gasteiger partial charge in [0.1, 0.15) is 0 Å². The summed E-state index contributed by atoms with van der Waals surface area (Å²) in [5.74, 6) is -0.426. The lowest BCUT2D eigenvalue weighted by atomic mass is 10.1. The summed E-state index contributed by atoms with van der Waals surface area (Å²) < 4.78 is 0.956. The van der Waals surface area contributed by atoms with E-state index in [0.717, 1.165) is 59.8 Å². The van der Waals surface area contributed by atoms with E-state index in [-0.39, 0.29) is 5.56 Å². The number of thiophene rings is 1. The van der Waals surface area contributed by atoms with Crippen LogP contribution in [-0.4, -0.2) is 58.7 Å². The quantitative estimate of drug-likeness (QED) is 0.423. The van der Waals surface area contributed by atoms with E-state index in [4.69, 9.17) is 4.98 Å². The van der Waals surface area contributed by atoms with Crippen molar-refractivity contribution in [3.8, 4) is 11.1 Å². The topological polar surface area (TPSA) is 81.6 Å². The van der Waals surface area contributed by atoms with Gasteiger partial charge in [-0.25, -0.2) is 14.8 Å². The smallest absolute Gasteiger partial charge is 0.335 e. The molecule has 2 aromatic carbocycles. The van der Waals surface area contributed by atoms with Gasteiger partial charge in [0.15, 0.2) is 0 Å². The molecular formula is C25H25N5O2S. The standard InChI is InChI=1S/C25H25N5O2S/c1-2-29-10-12-30(13-11-29)20-8-6-19(7-9-20)27-25-26-15-22-23(28-25)21(16-33-22)17-4-3-5-18(14-17)24(31)32/h3-9,14-16H,2,10-13H2,1H3,(H,31,32)(H,26,27,28). The summed E-state index contributed by atoms with van der Waals surface area (Å²) in [7, 11) is 0. The maximum Gasteiger partial charge on any atom is 0.335 e. The van der Waals surface area contributed by atoms with Crippen molar-refractivity contribution in [1.82, 2.24) is 14.9 Å². The monoisotopic (exact) mass is 459 g/mol. The minimum atomic E-state index is -0.941. The third-order valence-electron chi connectivity index (χ3n) is 6.04. The number of piperazine rings is 1. The van der Waals surface area contributed by atoms with E-state index in [9.17, 15) is 9.90 Å². The highest BCUT2D eigenvalue weighted by Gasteiger charge is 2.16. The van der Waals surface area contributed by atoms with Gasteiger partial charge in [-0.3, -0.25) is 0 Å². The number of carboxylic acid groups (broad SMARTS) is 1. The van der Waals surface area contributed by atoms with Gasteiger partial charge in [0.2, 0.25) is 5.95 Å². The number of rotatable bonds is 6. The summed E-state index contributed by atoms with van der Waals surface area (Å²) in [4.78, 5) is 25.4. The first-order valence-corrected chi connectivity index (χ1v) is 11.9. The van der Waals surface area contributed by atoms with Crippen LogP contribution in [0, 0.1) is 0 Å². The fourth-order valence-electron chi connectivity index (χ4n) is 4.12. The lowest BCUT2D eigenvalue weighted by Crippen LogP contribution is -2.46. The van der Waals surface area contributed by atoms with Crippen LogP contribution >= 0.6 is 11.3 Å². The minimum absolute atomic E-state index is 0.260. The molecule has 0 spiro atoms. The number of anilines is 3. The van der Waals surface area contributed by atoms with Gasteiger partial charge in [-0.05, 0) is 48.5 Å². The number of hydrogen-bond donors (Lipinski definition) is 2. The molecule has 0 amide bonds. The molecular weight excluding hydrogens is 434 g/mol. The van der Waals surface area contributed by atoms with E-state index >= 15 is 0 Å². The molecule has 33 heavy (non-hydrogen) atoms. The molecule has 1 aliphatic heterocycles. The Bertz CT molecular complexity index is 1280. The number of carbonyl (C=O) groups is 1. The second-order valence-corrected chi connectivity index (χ2v) is 8.95. The van der Waals surface area contributed by atoms with E-state index < -0.39 is 5.97 Å². The largest absolute Gasteiger partial charge is 0.478 e. The van der Waals surface area contributed by atoms with Gasteiger partial charge in [0.05, 0.1) is 22.0 Å². The van der Waals surface area contributed by atoms with Crippen LogP contribution < -0.4 is 10.2 Å². The molecule has 8 heteroatoms. The zero-order valence-electron chi connectivity index (χ0n) is 18.4. The highest BCUT2D eigenvalue weighted by Crippen LogP contribution is 2.33. The highest BCUT2D eigenvalue weighted by molar-refractivity contribution is 7.17. The molecule has 0 unspecified atom stereocenters. The van der Waals surface area contributed by atoms with Crippen LogP contribution in [0.5, 0.6) is 0 Å². The molecule has 7 nitrogen and oxygen atoms in total. The van der Waals surface area contributed by atoms with E-state index in [1.54, 1.807) is 29.5 Å². The Morgan fingerprint density at radius 3 is 2.64 bits per heavy atom. The molecule has 3 heterocycles. The first-order chi connectivity index (χ1) is 16.1. The Morgan fingerprint density at radius 1 is 1.12 bits per heavy atom. The van der Waals surface area contributed by atoms with E-state index in [0.29, 0.717) is 5.95 Å². The lowest BCUT2D eigenvalue weighted by molar-refractivity contribution is 0.0697. The van der Waals surface area contributed by atoms with E-state index in [2.05, 4.69) is 51.3 Å². The maximum absolute atomic E-state index is 11.4. The molecule has 1 fully saturated rings. The van der Waals surface area contributed by atoms with Crippen LogP contribution in [0.15, 0.2) is 60.1 Å². The molecule has 0 bridgehead atoms. The van der Waals surface area contributed by atoms with Crippen LogP contribution in [0.3, 0.4) is 0 Å². The summed E-state index contributed by atoms with van der Waals surface area (Å²) in [6.45, 7) is 7.61. The Morgan fingerprint density at radius 2 is 1.91 bits per heavy atom. The van der Waals surface area contributed by atoms with Crippen LogP contribution in [0.4, 0.5) is 17.3 Å². The first kappa shape index (κ1) is 21.4. The normalized spacial score (nSPS) is 14.5. The third kappa shape index (κ3) is 4.53. The Balaban J connectivity index is 1.35. The number of fused-ring (bicyclic) bond motifs is 1. The number of nitrogens with zero attached hydrogens (tertiary/aromatic N) is 4. The number of hydrogen-bond acceptors (Lipinski definition) is 7. The molecule has 1 saturated heterocycles. The van der Waals surface area contributed by atoms with Gasteiger partial charge in [-0.2, -0.15) is 0 Å². The predicted molar refractivity (Wildman–Crippen MR) is 134 cm³/mol. The fraction of sp³-hybridized carbons (Fsp3) is 0.240. The van der Waals surface area contributed by atoms with Gasteiger partial charge < -0.3 is 20.2 Å². The second-order valence-electron chi connectivity index (χ2n) is 8.03. The van der Waals surface area contributed by atoms with Crippen LogP contribution in [0.2, 0.25) is 0 Å². The fourth-order valence-corrected chi connectivity index (χ4v) is 4.99. The lowest BCUT2D eigenvalue weighted by Gasteiger charge is -2.35. The summed E-state index contributed by atoms with van der Waals surface area (Å²) in [5, 5.41) is 14.6. The second kappa shape index (κ2) is 9.17. The Kier molecular flexibility index (Phi) is 5.93. The molecule has 2 aromatic heterocycles. The van der Waals surface area contributed by atoms with E-state index in [1.165, 1.54) is 5.69 Å². The average Bonchev–Trinajstić information content (AvgIpc) is 3.28. The van der Waals surface area contributed by atoms with Crippen molar-refractivity contribution in [1.29, 1.82) is 0 Å². The number of carboxylic acids is 1. The molecule has 5 rings (SSSR count). The molecule has 4 aromatic rings. The van der Waals surface area contributed by atoms with Crippen molar-refractivity contribution in [3.63, 3.8) is 0 Å². The highest BCUT2D eigenvalue weighted by atomic mass is 32.1. The molecule has 1 aliphatic rings. The average molecular weight is 460 g/mol. The summed E-state index contributed by atoms with van der Waals surface area (Å²) in [6.07, 6.45) is 1.81. The molecule has 0 saturated carbocycles. The third-order valence-corrected chi connectivity index (χ3v) is 6.95. The molecule has 0 aliphatic carbocycles. The molecule has 0 atom stereocenters. The van der Waals surface area contributed by atoms with Gasteiger partial charge in [0.25, 0.3) is 0 Å². The molecule has 2 N–H and O–H groups in total. The van der Waals surface area contributed by atoms with Gasteiger partial charge in [-0.15, -0.1) is 11.3 Å². The SMILES string of the molecule is CCN1CCN(c2ccc(Nc3ncc4scc(-c5cccc(C(=O)O)c5)c4n3)cc2)CC1. The van der Waals surface area contributed by atoms with Crippen molar-refractivity contribution in [2.24, 2.45) is 0 Å². The van der Waals surface area contributed by atoms with Crippen LogP contribution in [0.25, 0.3) is 21.3 Å². The summed E-state index contributed by atoms with van der Waals surface area (Å²) in [6, 6.07) is 15.3. The van der Waals surface area contributed by atoms with Crippen LogP contribution in [-0.2, 0) is 0 Å². The van der Waals surface area contributed by atoms with Gasteiger partial charge >= 0.3 is 5.97 Å². The molecule has 0 radical (unpaired) electrons. The van der Waals surface area contributed by atoms with Gasteiger partial charge in [-0.1, -0.05) is 19.1 Å². The number of aromatic nitrogens is 2. The van der Waals surface area contributed by atoms with Gasteiger partial charge in [0, 0.05) is 48.5 Å². The number of benzene rings is 2. The molecule has 168 valence electrons. The summed E-state index contributed by atoms with van der Waals surface area (Å²) >= 11 is 1.55. The number of aromatic carboxylic acids is 1. The van der Waals surface area contributed by atoms with Crippen molar-refractivity contribution in [2.75, 3.05) is 42.9 Å². The number of nitrogens with one attached hydrogen (secondary N) is 1. The number of likely N-dealkylation sites (N-methyl/N-ethyl adjacent to an activating group) is 1. The predicted octanol–water partition coefficient (Wildman–Crippen LogP) is 4.94. The van der Waals surface area contributed by atoms with Crippen molar-refractivity contribution < 1.29 is 9.90 Å². The zero-order chi connectivity index (χ0) is 22.8. The first-order valence-electron chi connectivity index (χ1n) is 11.0. The van der Waals surface area contributed by atoms with Crippen molar-refractivity contribution >= 4 is 44.8 Å². The van der Waals surface area contributed by atoms with Crippen LogP contribution in [0.1, 0.15) is 17.3 Å². The van der Waals surface area contributed by atoms with E-state index in [1.807, 2.05) is 17.6 Å².